The number of aryl methyl sites for hydroxylation is 1. The van der Waals surface area contributed by atoms with E-state index in [1.165, 1.54) is 4.31 Å². The lowest BCUT2D eigenvalue weighted by molar-refractivity contribution is 0.586. The highest BCUT2D eigenvalue weighted by atomic mass is 79.9. The molecule has 1 heterocycles. The third-order valence-corrected chi connectivity index (χ3v) is 6.45. The summed E-state index contributed by atoms with van der Waals surface area (Å²) in [4.78, 5) is 0.310. The normalized spacial score (nSPS) is 17.2. The maximum absolute atomic E-state index is 13.2. The summed E-state index contributed by atoms with van der Waals surface area (Å²) in [6.45, 7) is 7.81. The van der Waals surface area contributed by atoms with E-state index < -0.39 is 10.0 Å². The van der Waals surface area contributed by atoms with Crippen LogP contribution in [0.3, 0.4) is 0 Å². The summed E-state index contributed by atoms with van der Waals surface area (Å²) in [6, 6.07) is 12.4. The second kappa shape index (κ2) is 5.80. The second-order valence-corrected chi connectivity index (χ2v) is 8.68. The number of anilines is 1. The lowest BCUT2D eigenvalue weighted by Gasteiger charge is -2.27. The topological polar surface area (TPSA) is 37.4 Å². The molecular weight excluding hydrogens is 374 g/mol. The molecule has 0 radical (unpaired) electrons. The first-order valence-electron chi connectivity index (χ1n) is 7.35. The van der Waals surface area contributed by atoms with Crippen molar-refractivity contribution in [3.05, 3.63) is 70.2 Å². The summed E-state index contributed by atoms with van der Waals surface area (Å²) in [6.07, 6.45) is 0.648. The van der Waals surface area contributed by atoms with Crippen molar-refractivity contribution in [1.29, 1.82) is 0 Å². The van der Waals surface area contributed by atoms with Crippen LogP contribution in [-0.4, -0.2) is 14.5 Å². The van der Waals surface area contributed by atoms with Crippen molar-refractivity contribution in [2.24, 2.45) is 0 Å². The number of sulfonamides is 1. The van der Waals surface area contributed by atoms with Crippen molar-refractivity contribution in [2.45, 2.75) is 31.2 Å². The highest BCUT2D eigenvalue weighted by molar-refractivity contribution is 9.10. The molecule has 5 heteroatoms. The van der Waals surface area contributed by atoms with Gasteiger partial charge in [-0.3, -0.25) is 4.31 Å². The number of nitrogens with zero attached hydrogens (tertiary/aromatic N) is 1. The number of benzene rings is 2. The van der Waals surface area contributed by atoms with Gasteiger partial charge in [-0.05, 0) is 56.2 Å². The molecule has 0 aliphatic carbocycles. The molecule has 23 heavy (non-hydrogen) atoms. The minimum atomic E-state index is -3.62. The molecule has 1 atom stereocenters. The van der Waals surface area contributed by atoms with Gasteiger partial charge in [0.05, 0.1) is 16.6 Å². The van der Waals surface area contributed by atoms with Crippen molar-refractivity contribution < 1.29 is 8.42 Å². The van der Waals surface area contributed by atoms with E-state index in [-0.39, 0.29) is 6.04 Å². The lowest BCUT2D eigenvalue weighted by atomic mass is 10.1. The molecule has 0 saturated heterocycles. The SMILES string of the molecule is C=C(C)C1Cc2cc(Br)ccc2N1S(=O)(=O)c1ccc(C)cc1. The van der Waals surface area contributed by atoms with E-state index in [0.717, 1.165) is 26.9 Å². The van der Waals surface area contributed by atoms with Crippen molar-refractivity contribution in [1.82, 2.24) is 0 Å². The summed E-state index contributed by atoms with van der Waals surface area (Å²) in [5.74, 6) is 0. The van der Waals surface area contributed by atoms with Crippen LogP contribution in [0.2, 0.25) is 0 Å². The molecule has 3 rings (SSSR count). The zero-order chi connectivity index (χ0) is 16.8. The zero-order valence-corrected chi connectivity index (χ0v) is 15.5. The van der Waals surface area contributed by atoms with Crippen LogP contribution in [-0.2, 0) is 16.4 Å². The lowest BCUT2D eigenvalue weighted by Crippen LogP contribution is -2.38. The summed E-state index contributed by atoms with van der Waals surface area (Å²) < 4.78 is 28.8. The number of rotatable bonds is 3. The first-order chi connectivity index (χ1) is 10.8. The van der Waals surface area contributed by atoms with Gasteiger partial charge in [-0.1, -0.05) is 45.8 Å². The Balaban J connectivity index is 2.15. The van der Waals surface area contributed by atoms with Gasteiger partial charge in [0.2, 0.25) is 0 Å². The maximum Gasteiger partial charge on any atom is 0.264 e. The van der Waals surface area contributed by atoms with Gasteiger partial charge in [0.15, 0.2) is 0 Å². The molecule has 3 nitrogen and oxygen atoms in total. The predicted octanol–water partition coefficient (Wildman–Crippen LogP) is 4.45. The van der Waals surface area contributed by atoms with E-state index >= 15 is 0 Å². The summed E-state index contributed by atoms with van der Waals surface area (Å²) in [7, 11) is -3.62. The van der Waals surface area contributed by atoms with Gasteiger partial charge in [-0.2, -0.15) is 0 Å². The molecule has 1 aliphatic heterocycles. The number of hydrogen-bond donors (Lipinski definition) is 0. The minimum Gasteiger partial charge on any atom is -0.259 e. The van der Waals surface area contributed by atoms with Gasteiger partial charge in [-0.15, -0.1) is 0 Å². The van der Waals surface area contributed by atoms with Gasteiger partial charge in [0, 0.05) is 4.47 Å². The monoisotopic (exact) mass is 391 g/mol. The number of hydrogen-bond acceptors (Lipinski definition) is 2. The Kier molecular flexibility index (Phi) is 4.10. The fourth-order valence-electron chi connectivity index (χ4n) is 2.89. The second-order valence-electron chi connectivity index (χ2n) is 5.95. The Morgan fingerprint density at radius 2 is 1.87 bits per heavy atom. The van der Waals surface area contributed by atoms with Gasteiger partial charge in [0.25, 0.3) is 10.0 Å². The largest absolute Gasteiger partial charge is 0.264 e. The molecule has 0 amide bonds. The first-order valence-corrected chi connectivity index (χ1v) is 9.59. The molecule has 0 fully saturated rings. The number of halogens is 1. The van der Waals surface area contributed by atoms with Crippen molar-refractivity contribution in [3.8, 4) is 0 Å². The van der Waals surface area contributed by atoms with Crippen LogP contribution >= 0.6 is 15.9 Å². The van der Waals surface area contributed by atoms with Crippen LogP contribution in [0.1, 0.15) is 18.1 Å². The van der Waals surface area contributed by atoms with Crippen LogP contribution in [0.25, 0.3) is 0 Å². The molecular formula is C18H18BrNO2S. The Hall–Kier alpha value is -1.59. The third kappa shape index (κ3) is 2.83. The Bertz CT molecular complexity index is 872. The van der Waals surface area contributed by atoms with Gasteiger partial charge in [0.1, 0.15) is 0 Å². The summed E-state index contributed by atoms with van der Waals surface area (Å²) in [5.41, 5.74) is 3.63. The van der Waals surface area contributed by atoms with Crippen LogP contribution in [0, 0.1) is 6.92 Å². The molecule has 1 unspecified atom stereocenters. The van der Waals surface area contributed by atoms with E-state index in [2.05, 4.69) is 22.5 Å². The average molecular weight is 392 g/mol. The fraction of sp³-hybridized carbons (Fsp3) is 0.222. The van der Waals surface area contributed by atoms with Crippen molar-refractivity contribution >= 4 is 31.6 Å². The molecule has 0 spiro atoms. The average Bonchev–Trinajstić information content (AvgIpc) is 2.87. The number of fused-ring (bicyclic) bond motifs is 1. The molecule has 0 aromatic heterocycles. The van der Waals surface area contributed by atoms with E-state index in [0.29, 0.717) is 11.3 Å². The smallest absolute Gasteiger partial charge is 0.259 e. The molecule has 0 saturated carbocycles. The van der Waals surface area contributed by atoms with Gasteiger partial charge >= 0.3 is 0 Å². The van der Waals surface area contributed by atoms with Crippen LogP contribution in [0.15, 0.2) is 64.0 Å². The maximum atomic E-state index is 13.2. The molecule has 1 aliphatic rings. The zero-order valence-electron chi connectivity index (χ0n) is 13.1. The highest BCUT2D eigenvalue weighted by Crippen LogP contribution is 2.40. The molecule has 2 aromatic carbocycles. The molecule has 0 bridgehead atoms. The Morgan fingerprint density at radius 3 is 2.48 bits per heavy atom. The van der Waals surface area contributed by atoms with Gasteiger partial charge in [-0.25, -0.2) is 8.42 Å². The molecule has 2 aromatic rings. The molecule has 0 N–H and O–H groups in total. The van der Waals surface area contributed by atoms with Crippen LogP contribution in [0.4, 0.5) is 5.69 Å². The summed E-state index contributed by atoms with van der Waals surface area (Å²) in [5, 5.41) is 0. The Labute approximate surface area is 145 Å². The highest BCUT2D eigenvalue weighted by Gasteiger charge is 2.38. The third-order valence-electron chi connectivity index (χ3n) is 4.12. The van der Waals surface area contributed by atoms with Crippen molar-refractivity contribution in [2.75, 3.05) is 4.31 Å². The molecule has 120 valence electrons. The van der Waals surface area contributed by atoms with Gasteiger partial charge < -0.3 is 0 Å². The minimum absolute atomic E-state index is 0.245. The quantitative estimate of drug-likeness (QED) is 0.724. The summed E-state index contributed by atoms with van der Waals surface area (Å²) >= 11 is 3.45. The van der Waals surface area contributed by atoms with Crippen molar-refractivity contribution in [3.63, 3.8) is 0 Å². The Morgan fingerprint density at radius 1 is 1.22 bits per heavy atom. The van der Waals surface area contributed by atoms with E-state index in [4.69, 9.17) is 0 Å². The predicted molar refractivity (Wildman–Crippen MR) is 97.3 cm³/mol. The van der Waals surface area contributed by atoms with E-state index in [9.17, 15) is 8.42 Å². The fourth-order valence-corrected chi connectivity index (χ4v) is 5.03. The standard InChI is InChI=1S/C18H18BrNO2S/c1-12(2)18-11-14-10-15(19)6-9-17(14)20(18)23(21,22)16-7-4-13(3)5-8-16/h4-10,18H,1,11H2,2-3H3. The van der Waals surface area contributed by atoms with E-state index in [1.54, 1.807) is 12.1 Å². The van der Waals surface area contributed by atoms with E-state index in [1.807, 2.05) is 44.2 Å². The first kappa shape index (κ1) is 16.3. The van der Waals surface area contributed by atoms with Crippen LogP contribution in [0.5, 0.6) is 0 Å². The van der Waals surface area contributed by atoms with Crippen LogP contribution < -0.4 is 4.31 Å².